The van der Waals surface area contributed by atoms with E-state index in [1.54, 1.807) is 0 Å². The van der Waals surface area contributed by atoms with Crippen molar-refractivity contribution in [2.24, 2.45) is 0 Å². The van der Waals surface area contributed by atoms with Crippen molar-refractivity contribution in [2.75, 3.05) is 0 Å². The highest BCUT2D eigenvalue weighted by atomic mass is 35.5. The average molecular weight is 303 g/mol. The Bertz CT molecular complexity index is 482. The predicted molar refractivity (Wildman–Crippen MR) is 59.8 cm³/mol. The Kier molecular flexibility index (Phi) is 4.52. The van der Waals surface area contributed by atoms with E-state index in [1.165, 1.54) is 12.1 Å². The van der Waals surface area contributed by atoms with Crippen molar-refractivity contribution in [3.05, 3.63) is 34.9 Å². The molecule has 96 valence electrons. The molecule has 0 bridgehead atoms. The lowest BCUT2D eigenvalue weighted by Gasteiger charge is -2.21. The highest BCUT2D eigenvalue weighted by Gasteiger charge is 2.47. The summed E-state index contributed by atoms with van der Waals surface area (Å²) in [5.41, 5.74) is -0.164. The maximum absolute atomic E-state index is 11.4. The first-order chi connectivity index (χ1) is 7.68. The standard InChI is InChI=1S/C7H9ClO7P2/c8-6-3-1-5(2-4-6)7(16(10,11)12)17(13,14)15-9/h1-4,7,9H,(H,13,14)(H2,10,11,12). The van der Waals surface area contributed by atoms with Gasteiger partial charge < -0.3 is 14.7 Å². The average Bonchev–Trinajstić information content (AvgIpc) is 2.19. The zero-order valence-corrected chi connectivity index (χ0v) is 10.7. The highest BCUT2D eigenvalue weighted by molar-refractivity contribution is 7.70. The molecule has 1 aromatic rings. The van der Waals surface area contributed by atoms with Gasteiger partial charge in [0.1, 0.15) is 0 Å². The quantitative estimate of drug-likeness (QED) is 0.381. The Hall–Kier alpha value is -0.230. The van der Waals surface area contributed by atoms with Crippen LogP contribution < -0.4 is 0 Å². The molecule has 0 radical (unpaired) electrons. The van der Waals surface area contributed by atoms with Crippen LogP contribution in [0.15, 0.2) is 24.3 Å². The van der Waals surface area contributed by atoms with Gasteiger partial charge in [-0.25, -0.2) is 5.26 Å². The van der Waals surface area contributed by atoms with E-state index in [9.17, 15) is 14.0 Å². The summed E-state index contributed by atoms with van der Waals surface area (Å²) in [6.07, 6.45) is 0. The molecule has 0 heterocycles. The van der Waals surface area contributed by atoms with Crippen molar-refractivity contribution >= 4 is 26.8 Å². The van der Waals surface area contributed by atoms with Crippen LogP contribution in [0.5, 0.6) is 0 Å². The van der Waals surface area contributed by atoms with Gasteiger partial charge in [0.15, 0.2) is 5.40 Å². The molecule has 10 heteroatoms. The zero-order chi connectivity index (χ0) is 13.3. The van der Waals surface area contributed by atoms with Gasteiger partial charge in [0, 0.05) is 5.02 Å². The van der Waals surface area contributed by atoms with Gasteiger partial charge in [-0.1, -0.05) is 23.7 Å². The Morgan fingerprint density at radius 1 is 1.12 bits per heavy atom. The number of hydrogen-bond acceptors (Lipinski definition) is 4. The summed E-state index contributed by atoms with van der Waals surface area (Å²) >= 11 is 5.57. The minimum atomic E-state index is -4.99. The molecule has 0 fully saturated rings. The lowest BCUT2D eigenvalue weighted by Crippen LogP contribution is -2.03. The number of benzene rings is 1. The molecule has 0 spiro atoms. The molecule has 1 aromatic carbocycles. The van der Waals surface area contributed by atoms with Crippen LogP contribution in [0, 0.1) is 0 Å². The van der Waals surface area contributed by atoms with Crippen molar-refractivity contribution in [2.45, 2.75) is 5.40 Å². The van der Waals surface area contributed by atoms with E-state index < -0.39 is 20.6 Å². The lowest BCUT2D eigenvalue weighted by molar-refractivity contribution is -0.146. The fourth-order valence-corrected chi connectivity index (χ4v) is 4.22. The normalized spacial score (nSPS) is 17.5. The molecule has 0 aromatic heterocycles. The van der Waals surface area contributed by atoms with Gasteiger partial charge >= 0.3 is 15.2 Å². The van der Waals surface area contributed by atoms with Gasteiger partial charge in [0.2, 0.25) is 0 Å². The Morgan fingerprint density at radius 2 is 1.59 bits per heavy atom. The Balaban J connectivity index is 3.31. The third-order valence-corrected chi connectivity index (χ3v) is 6.03. The van der Waals surface area contributed by atoms with Crippen LogP contribution >= 0.6 is 26.8 Å². The van der Waals surface area contributed by atoms with Crippen molar-refractivity contribution in [1.82, 2.24) is 0 Å². The van der Waals surface area contributed by atoms with Gasteiger partial charge in [-0.05, 0) is 17.7 Å². The molecule has 0 aliphatic rings. The van der Waals surface area contributed by atoms with E-state index in [-0.39, 0.29) is 10.6 Å². The van der Waals surface area contributed by atoms with Crippen LogP contribution in [0.3, 0.4) is 0 Å². The summed E-state index contributed by atoms with van der Waals surface area (Å²) in [5.74, 6) is 0. The van der Waals surface area contributed by atoms with E-state index in [1.807, 2.05) is 0 Å². The molecule has 2 atom stereocenters. The zero-order valence-electron chi connectivity index (χ0n) is 8.17. The maximum atomic E-state index is 11.4. The molecule has 0 aliphatic carbocycles. The minimum Gasteiger partial charge on any atom is -0.324 e. The van der Waals surface area contributed by atoms with E-state index in [0.29, 0.717) is 0 Å². The van der Waals surface area contributed by atoms with Crippen molar-refractivity contribution in [3.63, 3.8) is 0 Å². The summed E-state index contributed by atoms with van der Waals surface area (Å²) in [4.78, 5) is 27.2. The third kappa shape index (κ3) is 3.61. The third-order valence-electron chi connectivity index (χ3n) is 1.91. The van der Waals surface area contributed by atoms with Crippen molar-refractivity contribution in [1.29, 1.82) is 0 Å². The molecular weight excluding hydrogens is 293 g/mol. The summed E-state index contributed by atoms with van der Waals surface area (Å²) in [5, 5.41) is 6.39. The SMILES string of the molecule is O=P(O)(O)C(c1ccc(Cl)cc1)P(=O)(O)OO. The Morgan fingerprint density at radius 3 is 1.94 bits per heavy atom. The molecule has 0 saturated carbocycles. The van der Waals surface area contributed by atoms with Crippen LogP contribution in [0.1, 0.15) is 11.0 Å². The van der Waals surface area contributed by atoms with E-state index in [0.717, 1.165) is 12.1 Å². The first kappa shape index (κ1) is 14.8. The van der Waals surface area contributed by atoms with Crippen LogP contribution in [0.2, 0.25) is 5.02 Å². The molecule has 0 aliphatic heterocycles. The smallest absolute Gasteiger partial charge is 0.324 e. The van der Waals surface area contributed by atoms with Gasteiger partial charge in [-0.3, -0.25) is 9.13 Å². The fraction of sp³-hybridized carbons (Fsp3) is 0.143. The van der Waals surface area contributed by atoms with Crippen LogP contribution in [0.25, 0.3) is 0 Å². The lowest BCUT2D eigenvalue weighted by atomic mass is 10.2. The van der Waals surface area contributed by atoms with Gasteiger partial charge in [0.25, 0.3) is 0 Å². The van der Waals surface area contributed by atoms with Crippen molar-refractivity contribution < 1.29 is 33.7 Å². The largest absolute Gasteiger partial charge is 0.374 e. The molecule has 7 nitrogen and oxygen atoms in total. The summed E-state index contributed by atoms with van der Waals surface area (Å²) in [6.45, 7) is 0. The van der Waals surface area contributed by atoms with Gasteiger partial charge in [-0.2, -0.15) is 4.67 Å². The molecule has 4 N–H and O–H groups in total. The van der Waals surface area contributed by atoms with E-state index in [4.69, 9.17) is 26.6 Å². The molecule has 17 heavy (non-hydrogen) atoms. The second kappa shape index (κ2) is 5.18. The van der Waals surface area contributed by atoms with E-state index in [2.05, 4.69) is 4.67 Å². The molecular formula is C7H9ClO7P2. The van der Waals surface area contributed by atoms with Crippen LogP contribution in [0.4, 0.5) is 0 Å². The summed E-state index contributed by atoms with van der Waals surface area (Å²) in [7, 11) is -9.88. The van der Waals surface area contributed by atoms with Gasteiger partial charge in [-0.15, -0.1) is 0 Å². The van der Waals surface area contributed by atoms with E-state index >= 15 is 0 Å². The number of hydrogen-bond donors (Lipinski definition) is 4. The Labute approximate surface area is 101 Å². The maximum Gasteiger partial charge on any atom is 0.374 e. The molecule has 0 amide bonds. The molecule has 2 unspecified atom stereocenters. The number of rotatable bonds is 4. The highest BCUT2D eigenvalue weighted by Crippen LogP contribution is 2.71. The summed E-state index contributed by atoms with van der Waals surface area (Å²) < 4.78 is 25.8. The van der Waals surface area contributed by atoms with Gasteiger partial charge in [0.05, 0.1) is 0 Å². The molecule has 0 saturated heterocycles. The number of halogens is 1. The predicted octanol–water partition coefficient (Wildman–Crippen LogP) is 2.19. The minimum absolute atomic E-state index is 0.164. The first-order valence-corrected chi connectivity index (χ1v) is 7.85. The van der Waals surface area contributed by atoms with Crippen molar-refractivity contribution in [3.8, 4) is 0 Å². The van der Waals surface area contributed by atoms with Crippen LogP contribution in [-0.4, -0.2) is 19.9 Å². The fourth-order valence-electron chi connectivity index (χ4n) is 1.25. The van der Waals surface area contributed by atoms with Crippen LogP contribution in [-0.2, 0) is 13.8 Å². The molecule has 1 rings (SSSR count). The second-order valence-electron chi connectivity index (χ2n) is 3.16. The first-order valence-electron chi connectivity index (χ1n) is 4.15. The topological polar surface area (TPSA) is 124 Å². The summed E-state index contributed by atoms with van der Waals surface area (Å²) in [6, 6.07) is 4.90. The monoisotopic (exact) mass is 302 g/mol. The second-order valence-corrected chi connectivity index (χ2v) is 7.51.